The highest BCUT2D eigenvalue weighted by molar-refractivity contribution is 5.73. The Balaban J connectivity index is 2.89. The van der Waals surface area contributed by atoms with Crippen LogP contribution in [-0.2, 0) is 4.79 Å². The minimum atomic E-state index is -0.631. The van der Waals surface area contributed by atoms with E-state index >= 15 is 0 Å². The Morgan fingerprint density at radius 1 is 1.46 bits per heavy atom. The van der Waals surface area contributed by atoms with Gasteiger partial charge in [-0.3, -0.25) is 0 Å². The summed E-state index contributed by atoms with van der Waals surface area (Å²) in [6.45, 7) is 3.22. The summed E-state index contributed by atoms with van der Waals surface area (Å²) in [6, 6.07) is 5.45. The summed E-state index contributed by atoms with van der Waals surface area (Å²) >= 11 is 0. The fraction of sp³-hybridized carbons (Fsp3) is 0.300. The van der Waals surface area contributed by atoms with E-state index in [2.05, 4.69) is 0 Å². The molecule has 70 valence electrons. The lowest BCUT2D eigenvalue weighted by Crippen LogP contribution is -2.12. The fourth-order valence-electron chi connectivity index (χ4n) is 0.990. The molecule has 1 N–H and O–H groups in total. The van der Waals surface area contributed by atoms with Crippen molar-refractivity contribution in [2.45, 2.75) is 13.8 Å². The van der Waals surface area contributed by atoms with Crippen LogP contribution in [0.1, 0.15) is 11.1 Å². The van der Waals surface area contributed by atoms with Gasteiger partial charge in [0.15, 0.2) is 0 Å². The third-order valence-electron chi connectivity index (χ3n) is 1.91. The van der Waals surface area contributed by atoms with Crippen molar-refractivity contribution in [1.29, 1.82) is 0 Å². The third kappa shape index (κ3) is 2.29. The van der Waals surface area contributed by atoms with Gasteiger partial charge in [-0.1, -0.05) is 12.1 Å². The fourth-order valence-corrected chi connectivity index (χ4v) is 0.990. The van der Waals surface area contributed by atoms with Crippen molar-refractivity contribution >= 4 is 5.97 Å². The minimum absolute atomic E-state index is 0.513. The van der Waals surface area contributed by atoms with Gasteiger partial charge in [-0.25, -0.2) is 4.79 Å². The summed E-state index contributed by atoms with van der Waals surface area (Å²) in [5.74, 6) is -0.118. The molecule has 13 heavy (non-hydrogen) atoms. The molecule has 0 saturated carbocycles. The molecule has 0 radical (unpaired) electrons. The Labute approximate surface area is 77.0 Å². The van der Waals surface area contributed by atoms with Crippen LogP contribution >= 0.6 is 0 Å². The molecule has 0 aliphatic rings. The Morgan fingerprint density at radius 2 is 2.15 bits per heavy atom. The van der Waals surface area contributed by atoms with Gasteiger partial charge in [-0.2, -0.15) is 0 Å². The van der Waals surface area contributed by atoms with Crippen LogP contribution in [-0.4, -0.2) is 17.7 Å². The first-order chi connectivity index (χ1) is 6.15. The number of benzene rings is 1. The van der Waals surface area contributed by atoms with Crippen molar-refractivity contribution in [3.63, 3.8) is 0 Å². The molecule has 1 aromatic rings. The minimum Gasteiger partial charge on any atom is -0.425 e. The second kappa shape index (κ2) is 4.05. The number of aliphatic hydroxyl groups excluding tert-OH is 1. The van der Waals surface area contributed by atoms with Crippen LogP contribution in [0, 0.1) is 13.8 Å². The topological polar surface area (TPSA) is 46.5 Å². The van der Waals surface area contributed by atoms with Crippen molar-refractivity contribution in [1.82, 2.24) is 0 Å². The van der Waals surface area contributed by atoms with Crippen molar-refractivity contribution < 1.29 is 14.6 Å². The van der Waals surface area contributed by atoms with E-state index in [-0.39, 0.29) is 0 Å². The highest BCUT2D eigenvalue weighted by Crippen LogP contribution is 2.20. The van der Waals surface area contributed by atoms with E-state index in [9.17, 15) is 4.79 Å². The molecule has 0 bridgehead atoms. The summed E-state index contributed by atoms with van der Waals surface area (Å²) in [6.07, 6.45) is 0. The largest absolute Gasteiger partial charge is 0.425 e. The first kappa shape index (κ1) is 9.74. The molecule has 3 nitrogen and oxygen atoms in total. The average Bonchev–Trinajstić information content (AvgIpc) is 2.13. The van der Waals surface area contributed by atoms with Crippen molar-refractivity contribution in [2.75, 3.05) is 6.61 Å². The Hall–Kier alpha value is -1.35. The highest BCUT2D eigenvalue weighted by atomic mass is 16.5. The first-order valence-electron chi connectivity index (χ1n) is 4.03. The van der Waals surface area contributed by atoms with Crippen LogP contribution in [0.3, 0.4) is 0 Å². The van der Waals surface area contributed by atoms with Crippen LogP contribution in [0.15, 0.2) is 18.2 Å². The van der Waals surface area contributed by atoms with Gasteiger partial charge in [0.2, 0.25) is 0 Å². The molecule has 0 amide bonds. The predicted octanol–water partition coefficient (Wildman–Crippen LogP) is 1.20. The summed E-state index contributed by atoms with van der Waals surface area (Å²) in [5.41, 5.74) is 1.98. The number of rotatable bonds is 2. The lowest BCUT2D eigenvalue weighted by molar-refractivity contribution is -0.137. The van der Waals surface area contributed by atoms with Crippen LogP contribution < -0.4 is 4.74 Å². The number of aryl methyl sites for hydroxylation is 1. The molecule has 1 aromatic carbocycles. The quantitative estimate of drug-likeness (QED) is 0.549. The molecule has 0 aromatic heterocycles. The summed E-state index contributed by atoms with van der Waals surface area (Å²) in [7, 11) is 0. The molecule has 0 aliphatic heterocycles. The maximum atomic E-state index is 10.8. The molecule has 3 heteroatoms. The van der Waals surface area contributed by atoms with Crippen LogP contribution in [0.25, 0.3) is 0 Å². The summed E-state index contributed by atoms with van der Waals surface area (Å²) < 4.78 is 4.89. The number of ether oxygens (including phenoxy) is 1. The molecule has 1 rings (SSSR count). The normalized spacial score (nSPS) is 9.77. The average molecular weight is 180 g/mol. The number of carbonyl (C=O) groups excluding carboxylic acids is 1. The van der Waals surface area contributed by atoms with Crippen molar-refractivity contribution in [2.24, 2.45) is 0 Å². The van der Waals surface area contributed by atoms with E-state index in [1.807, 2.05) is 26.0 Å². The van der Waals surface area contributed by atoms with E-state index < -0.39 is 12.6 Å². The monoisotopic (exact) mass is 180 g/mol. The maximum Gasteiger partial charge on any atom is 0.337 e. The van der Waals surface area contributed by atoms with Gasteiger partial charge in [0.1, 0.15) is 12.4 Å². The van der Waals surface area contributed by atoms with Gasteiger partial charge in [0.05, 0.1) is 0 Å². The van der Waals surface area contributed by atoms with Gasteiger partial charge in [-0.05, 0) is 31.0 Å². The summed E-state index contributed by atoms with van der Waals surface area (Å²) in [4.78, 5) is 10.8. The van der Waals surface area contributed by atoms with Gasteiger partial charge >= 0.3 is 5.97 Å². The number of aliphatic hydroxyl groups is 1. The zero-order valence-corrected chi connectivity index (χ0v) is 7.70. The van der Waals surface area contributed by atoms with Crippen LogP contribution in [0.2, 0.25) is 0 Å². The molecule has 0 spiro atoms. The number of hydrogen-bond donors (Lipinski definition) is 1. The van der Waals surface area contributed by atoms with E-state index in [1.165, 1.54) is 0 Å². The lowest BCUT2D eigenvalue weighted by Gasteiger charge is -2.07. The molecule has 0 aliphatic carbocycles. The van der Waals surface area contributed by atoms with Crippen molar-refractivity contribution in [3.8, 4) is 5.75 Å². The third-order valence-corrected chi connectivity index (χ3v) is 1.91. The van der Waals surface area contributed by atoms with E-state index in [4.69, 9.17) is 9.84 Å². The van der Waals surface area contributed by atoms with E-state index in [0.29, 0.717) is 5.75 Å². The molecule has 0 fully saturated rings. The van der Waals surface area contributed by atoms with Crippen LogP contribution in [0.4, 0.5) is 0 Å². The Bertz CT molecular complexity index is 318. The molecule has 0 heterocycles. The standard InChI is InChI=1S/C10H12O3/c1-7-4-3-5-9(8(7)2)13-10(12)6-11/h3-5,11H,6H2,1-2H3. The van der Waals surface area contributed by atoms with E-state index in [1.54, 1.807) is 6.07 Å². The molecule has 0 atom stereocenters. The van der Waals surface area contributed by atoms with Gasteiger partial charge in [0, 0.05) is 0 Å². The molecule has 0 unspecified atom stereocenters. The first-order valence-corrected chi connectivity index (χ1v) is 4.03. The molecular formula is C10H12O3. The van der Waals surface area contributed by atoms with Gasteiger partial charge in [0.25, 0.3) is 0 Å². The van der Waals surface area contributed by atoms with Gasteiger partial charge in [-0.15, -0.1) is 0 Å². The number of esters is 1. The van der Waals surface area contributed by atoms with E-state index in [0.717, 1.165) is 11.1 Å². The zero-order chi connectivity index (χ0) is 9.84. The predicted molar refractivity (Wildman–Crippen MR) is 48.6 cm³/mol. The SMILES string of the molecule is Cc1cccc(OC(=O)CO)c1C. The zero-order valence-electron chi connectivity index (χ0n) is 7.70. The molecule has 0 saturated heterocycles. The van der Waals surface area contributed by atoms with Crippen LogP contribution in [0.5, 0.6) is 5.75 Å². The maximum absolute atomic E-state index is 10.8. The highest BCUT2D eigenvalue weighted by Gasteiger charge is 2.06. The number of hydrogen-bond acceptors (Lipinski definition) is 3. The Kier molecular flexibility index (Phi) is 3.03. The van der Waals surface area contributed by atoms with Crippen molar-refractivity contribution in [3.05, 3.63) is 29.3 Å². The smallest absolute Gasteiger partial charge is 0.337 e. The second-order valence-electron chi connectivity index (χ2n) is 2.83. The second-order valence-corrected chi connectivity index (χ2v) is 2.83. The molecular weight excluding hydrogens is 168 g/mol. The van der Waals surface area contributed by atoms with Gasteiger partial charge < -0.3 is 9.84 Å². The number of carbonyl (C=O) groups is 1. The lowest BCUT2D eigenvalue weighted by atomic mass is 10.1. The Morgan fingerprint density at radius 3 is 2.77 bits per heavy atom. The summed E-state index contributed by atoms with van der Waals surface area (Å²) in [5, 5.41) is 8.48.